The van der Waals surface area contributed by atoms with Gasteiger partial charge in [0.1, 0.15) is 11.3 Å². The van der Waals surface area contributed by atoms with Crippen molar-refractivity contribution in [1.82, 2.24) is 5.32 Å². The van der Waals surface area contributed by atoms with E-state index in [-0.39, 0.29) is 5.97 Å². The summed E-state index contributed by atoms with van der Waals surface area (Å²) in [6.45, 7) is 0.734. The SMILES string of the molecule is CNCc1ccc(C(=O)OC)c(OC)c1. The van der Waals surface area contributed by atoms with Crippen LogP contribution in [0.1, 0.15) is 15.9 Å². The lowest BCUT2D eigenvalue weighted by atomic mass is 10.1. The Morgan fingerprint density at radius 2 is 2.13 bits per heavy atom. The molecule has 0 spiro atoms. The average Bonchev–Trinajstić information content (AvgIpc) is 2.28. The smallest absolute Gasteiger partial charge is 0.341 e. The van der Waals surface area contributed by atoms with Gasteiger partial charge in [0, 0.05) is 6.54 Å². The second-order valence-electron chi connectivity index (χ2n) is 3.06. The first kappa shape index (κ1) is 11.5. The fraction of sp³-hybridized carbons (Fsp3) is 0.364. The van der Waals surface area contributed by atoms with Gasteiger partial charge in [0.2, 0.25) is 0 Å². The van der Waals surface area contributed by atoms with Crippen molar-refractivity contribution in [1.29, 1.82) is 0 Å². The summed E-state index contributed by atoms with van der Waals surface area (Å²) >= 11 is 0. The zero-order chi connectivity index (χ0) is 11.3. The van der Waals surface area contributed by atoms with Gasteiger partial charge in [-0.15, -0.1) is 0 Å². The fourth-order valence-electron chi connectivity index (χ4n) is 1.33. The highest BCUT2D eigenvalue weighted by Gasteiger charge is 2.12. The average molecular weight is 209 g/mol. The predicted molar refractivity (Wildman–Crippen MR) is 57.1 cm³/mol. The van der Waals surface area contributed by atoms with Crippen LogP contribution in [-0.2, 0) is 11.3 Å². The maximum atomic E-state index is 11.3. The molecular weight excluding hydrogens is 194 g/mol. The number of esters is 1. The lowest BCUT2D eigenvalue weighted by Crippen LogP contribution is -2.08. The van der Waals surface area contributed by atoms with Crippen LogP contribution in [0.25, 0.3) is 0 Å². The van der Waals surface area contributed by atoms with Crippen molar-refractivity contribution < 1.29 is 14.3 Å². The first-order valence-corrected chi connectivity index (χ1v) is 4.62. The van der Waals surface area contributed by atoms with E-state index in [9.17, 15) is 4.79 Å². The van der Waals surface area contributed by atoms with Crippen LogP contribution in [0, 0.1) is 0 Å². The molecule has 4 nitrogen and oxygen atoms in total. The highest BCUT2D eigenvalue weighted by Crippen LogP contribution is 2.20. The predicted octanol–water partition coefficient (Wildman–Crippen LogP) is 1.20. The van der Waals surface area contributed by atoms with Crippen LogP contribution in [0.5, 0.6) is 5.75 Å². The summed E-state index contributed by atoms with van der Waals surface area (Å²) in [6.07, 6.45) is 0. The molecule has 0 aliphatic heterocycles. The van der Waals surface area contributed by atoms with E-state index in [0.29, 0.717) is 11.3 Å². The van der Waals surface area contributed by atoms with Crippen molar-refractivity contribution in [3.63, 3.8) is 0 Å². The third-order valence-electron chi connectivity index (χ3n) is 2.05. The highest BCUT2D eigenvalue weighted by molar-refractivity contribution is 5.92. The van der Waals surface area contributed by atoms with Crippen molar-refractivity contribution >= 4 is 5.97 Å². The van der Waals surface area contributed by atoms with E-state index in [0.717, 1.165) is 12.1 Å². The molecule has 1 rings (SSSR count). The van der Waals surface area contributed by atoms with E-state index in [1.807, 2.05) is 19.2 Å². The van der Waals surface area contributed by atoms with E-state index in [2.05, 4.69) is 10.1 Å². The summed E-state index contributed by atoms with van der Waals surface area (Å²) in [6, 6.07) is 5.39. The largest absolute Gasteiger partial charge is 0.496 e. The van der Waals surface area contributed by atoms with Crippen LogP contribution >= 0.6 is 0 Å². The van der Waals surface area contributed by atoms with Gasteiger partial charge < -0.3 is 14.8 Å². The molecule has 0 radical (unpaired) electrons. The molecule has 0 unspecified atom stereocenters. The summed E-state index contributed by atoms with van der Waals surface area (Å²) in [5, 5.41) is 3.03. The number of hydrogen-bond acceptors (Lipinski definition) is 4. The second kappa shape index (κ2) is 5.36. The Morgan fingerprint density at radius 1 is 1.40 bits per heavy atom. The quantitative estimate of drug-likeness (QED) is 0.757. The van der Waals surface area contributed by atoms with Crippen LogP contribution in [-0.4, -0.2) is 27.2 Å². The van der Waals surface area contributed by atoms with Crippen molar-refractivity contribution in [3.05, 3.63) is 29.3 Å². The molecular formula is C11H15NO3. The molecule has 82 valence electrons. The number of carbonyl (C=O) groups is 1. The van der Waals surface area contributed by atoms with Gasteiger partial charge in [0.15, 0.2) is 0 Å². The van der Waals surface area contributed by atoms with Crippen LogP contribution in [0.2, 0.25) is 0 Å². The minimum Gasteiger partial charge on any atom is -0.496 e. The Morgan fingerprint density at radius 3 is 2.67 bits per heavy atom. The number of nitrogens with one attached hydrogen (secondary N) is 1. The second-order valence-corrected chi connectivity index (χ2v) is 3.06. The lowest BCUT2D eigenvalue weighted by Gasteiger charge is -2.08. The minimum absolute atomic E-state index is 0.386. The summed E-state index contributed by atoms with van der Waals surface area (Å²) in [4.78, 5) is 11.3. The number of benzene rings is 1. The highest BCUT2D eigenvalue weighted by atomic mass is 16.5. The Labute approximate surface area is 89.2 Å². The van der Waals surface area contributed by atoms with E-state index in [4.69, 9.17) is 4.74 Å². The van der Waals surface area contributed by atoms with Crippen LogP contribution in [0.3, 0.4) is 0 Å². The normalized spacial score (nSPS) is 9.80. The molecule has 0 fully saturated rings. The van der Waals surface area contributed by atoms with Crippen molar-refractivity contribution in [2.24, 2.45) is 0 Å². The summed E-state index contributed by atoms with van der Waals surface area (Å²) in [5.74, 6) is 0.150. The Kier molecular flexibility index (Phi) is 4.12. The van der Waals surface area contributed by atoms with Gasteiger partial charge in [-0.25, -0.2) is 4.79 Å². The van der Waals surface area contributed by atoms with E-state index in [1.165, 1.54) is 14.2 Å². The number of carbonyl (C=O) groups excluding carboxylic acids is 1. The first-order valence-electron chi connectivity index (χ1n) is 4.62. The van der Waals surface area contributed by atoms with Crippen molar-refractivity contribution in [3.8, 4) is 5.75 Å². The molecule has 0 aliphatic rings. The Balaban J connectivity index is 3.03. The van der Waals surface area contributed by atoms with Gasteiger partial charge in [-0.3, -0.25) is 0 Å². The molecule has 0 heterocycles. The van der Waals surface area contributed by atoms with Gasteiger partial charge in [0.05, 0.1) is 14.2 Å². The maximum Gasteiger partial charge on any atom is 0.341 e. The van der Waals surface area contributed by atoms with Crippen molar-refractivity contribution in [2.45, 2.75) is 6.54 Å². The molecule has 1 N–H and O–H groups in total. The molecule has 0 saturated heterocycles. The zero-order valence-corrected chi connectivity index (χ0v) is 9.16. The number of ether oxygens (including phenoxy) is 2. The number of rotatable bonds is 4. The zero-order valence-electron chi connectivity index (χ0n) is 9.16. The monoisotopic (exact) mass is 209 g/mol. The summed E-state index contributed by atoms with van der Waals surface area (Å²) < 4.78 is 9.77. The van der Waals surface area contributed by atoms with Gasteiger partial charge in [0.25, 0.3) is 0 Å². The summed E-state index contributed by atoms with van der Waals surface area (Å²) in [7, 11) is 4.74. The van der Waals surface area contributed by atoms with Gasteiger partial charge >= 0.3 is 5.97 Å². The molecule has 0 atom stereocenters. The number of hydrogen-bond donors (Lipinski definition) is 1. The van der Waals surface area contributed by atoms with Crippen LogP contribution < -0.4 is 10.1 Å². The first-order chi connectivity index (χ1) is 7.22. The molecule has 0 aromatic heterocycles. The molecule has 4 heteroatoms. The topological polar surface area (TPSA) is 47.6 Å². The molecule has 1 aromatic rings. The fourth-order valence-corrected chi connectivity index (χ4v) is 1.33. The number of methoxy groups -OCH3 is 2. The van der Waals surface area contributed by atoms with Gasteiger partial charge in [-0.1, -0.05) is 6.07 Å². The maximum absolute atomic E-state index is 11.3. The third-order valence-corrected chi connectivity index (χ3v) is 2.05. The van der Waals surface area contributed by atoms with Crippen LogP contribution in [0.15, 0.2) is 18.2 Å². The van der Waals surface area contributed by atoms with Crippen LogP contribution in [0.4, 0.5) is 0 Å². The Bertz CT molecular complexity index is 350. The lowest BCUT2D eigenvalue weighted by molar-refractivity contribution is 0.0597. The van der Waals surface area contributed by atoms with E-state index in [1.54, 1.807) is 6.07 Å². The molecule has 0 aliphatic carbocycles. The molecule has 0 bridgehead atoms. The molecule has 0 saturated carbocycles. The molecule has 1 aromatic carbocycles. The molecule has 0 amide bonds. The Hall–Kier alpha value is -1.55. The molecule has 15 heavy (non-hydrogen) atoms. The van der Waals surface area contributed by atoms with Gasteiger partial charge in [-0.05, 0) is 24.7 Å². The third kappa shape index (κ3) is 2.70. The van der Waals surface area contributed by atoms with Crippen molar-refractivity contribution in [2.75, 3.05) is 21.3 Å². The summed E-state index contributed by atoms with van der Waals surface area (Å²) in [5.41, 5.74) is 1.50. The van der Waals surface area contributed by atoms with Gasteiger partial charge in [-0.2, -0.15) is 0 Å². The standard InChI is InChI=1S/C11H15NO3/c1-12-7-8-4-5-9(11(13)15-3)10(6-8)14-2/h4-6,12H,7H2,1-3H3. The van der Waals surface area contributed by atoms with E-state index >= 15 is 0 Å². The minimum atomic E-state index is -0.386. The van der Waals surface area contributed by atoms with E-state index < -0.39 is 0 Å².